The van der Waals surface area contributed by atoms with Crippen molar-refractivity contribution < 1.29 is 19.1 Å². The van der Waals surface area contributed by atoms with Crippen molar-refractivity contribution in [2.75, 3.05) is 4.90 Å². The van der Waals surface area contributed by atoms with Crippen molar-refractivity contribution in [1.82, 2.24) is 13.9 Å². The Hall–Kier alpha value is -3.92. The fourth-order valence-electron chi connectivity index (χ4n) is 6.34. The zero-order valence-electron chi connectivity index (χ0n) is 19.9. The summed E-state index contributed by atoms with van der Waals surface area (Å²) >= 11 is 5.97. The Labute approximate surface area is 214 Å². The van der Waals surface area contributed by atoms with Crippen molar-refractivity contribution in [1.29, 1.82) is 0 Å². The zero-order valence-corrected chi connectivity index (χ0v) is 20.6. The van der Waals surface area contributed by atoms with Crippen molar-refractivity contribution in [3.8, 4) is 5.75 Å². The van der Waals surface area contributed by atoms with Gasteiger partial charge in [-0.3, -0.25) is 9.59 Å². The molecule has 1 aromatic heterocycles. The molecular formula is C26H22ClFN4O5. The van der Waals surface area contributed by atoms with Crippen molar-refractivity contribution >= 4 is 29.1 Å². The van der Waals surface area contributed by atoms with Gasteiger partial charge in [-0.15, -0.1) is 0 Å². The van der Waals surface area contributed by atoms with Crippen LogP contribution >= 0.6 is 11.6 Å². The highest BCUT2D eigenvalue weighted by Gasteiger charge is 2.65. The Morgan fingerprint density at radius 1 is 1.08 bits per heavy atom. The average molecular weight is 525 g/mol. The lowest BCUT2D eigenvalue weighted by Crippen LogP contribution is -2.49. The van der Waals surface area contributed by atoms with E-state index in [1.54, 1.807) is 25.1 Å². The minimum atomic E-state index is -1.28. The predicted molar refractivity (Wildman–Crippen MR) is 132 cm³/mol. The fourth-order valence-corrected chi connectivity index (χ4v) is 6.52. The number of benzene rings is 2. The molecule has 1 saturated carbocycles. The lowest BCUT2D eigenvalue weighted by atomic mass is 9.56. The maximum Gasteiger partial charge on any atom is 0.347 e. The van der Waals surface area contributed by atoms with Gasteiger partial charge in [0.1, 0.15) is 11.6 Å². The minimum absolute atomic E-state index is 0.0103. The molecule has 1 saturated heterocycles. The molecular weight excluding hydrogens is 503 g/mol. The highest BCUT2D eigenvalue weighted by atomic mass is 35.5. The van der Waals surface area contributed by atoms with Gasteiger partial charge in [0.05, 0.1) is 34.6 Å². The number of aromatic nitrogens is 3. The summed E-state index contributed by atoms with van der Waals surface area (Å²) in [4.78, 5) is 54.8. The maximum absolute atomic E-state index is 14.1. The van der Waals surface area contributed by atoms with Crippen molar-refractivity contribution in [3.05, 3.63) is 91.5 Å². The number of hydrogen-bond acceptors (Lipinski definition) is 5. The molecule has 3 aliphatic rings. The smallest absolute Gasteiger partial charge is 0.347 e. The van der Waals surface area contributed by atoms with Crippen LogP contribution in [0.15, 0.2) is 63.7 Å². The van der Waals surface area contributed by atoms with Crippen LogP contribution in [0.25, 0.3) is 0 Å². The van der Waals surface area contributed by atoms with Crippen LogP contribution in [0.5, 0.6) is 5.75 Å². The van der Waals surface area contributed by atoms with Crippen LogP contribution in [0.1, 0.15) is 30.9 Å². The number of rotatable bonds is 2. The van der Waals surface area contributed by atoms with Crippen LogP contribution in [0.2, 0.25) is 5.02 Å². The summed E-state index contributed by atoms with van der Waals surface area (Å²) in [6.07, 6.45) is 1.94. The van der Waals surface area contributed by atoms with E-state index in [2.05, 4.69) is 0 Å². The molecule has 2 aromatic carbocycles. The number of carbonyl (C=O) groups is 2. The summed E-state index contributed by atoms with van der Waals surface area (Å²) in [6, 6.07) is 9.47. The summed E-state index contributed by atoms with van der Waals surface area (Å²) in [7, 11) is 1.40. The molecule has 3 heterocycles. The van der Waals surface area contributed by atoms with Crippen LogP contribution < -0.4 is 16.3 Å². The van der Waals surface area contributed by atoms with Gasteiger partial charge in [0.15, 0.2) is 0 Å². The summed E-state index contributed by atoms with van der Waals surface area (Å²) in [5.41, 5.74) is -0.802. The van der Waals surface area contributed by atoms with Gasteiger partial charge >= 0.3 is 11.4 Å². The van der Waals surface area contributed by atoms with Gasteiger partial charge in [0.2, 0.25) is 11.8 Å². The zero-order chi connectivity index (χ0) is 26.4. The summed E-state index contributed by atoms with van der Waals surface area (Å²) in [5, 5.41) is 10.1. The first-order chi connectivity index (χ1) is 17.6. The number of phenols is 1. The fraction of sp³-hybridized carbons (Fsp3) is 0.308. The van der Waals surface area contributed by atoms with Crippen LogP contribution in [0.4, 0.5) is 10.1 Å². The van der Waals surface area contributed by atoms with E-state index in [1.165, 1.54) is 34.6 Å². The summed E-state index contributed by atoms with van der Waals surface area (Å²) < 4.78 is 17.6. The van der Waals surface area contributed by atoms with Gasteiger partial charge in [-0.05, 0) is 54.8 Å². The van der Waals surface area contributed by atoms with E-state index in [1.807, 2.05) is 6.08 Å². The number of fused-ring (bicyclic) bond motifs is 4. The van der Waals surface area contributed by atoms with Gasteiger partial charge in [-0.25, -0.2) is 32.8 Å². The number of allylic oxidation sites excluding steroid dienone is 2. The Bertz CT molecular complexity index is 1670. The standard InChI is InChI=1S/C26H22ClFN4O5/c1-26-17(22(34)31(23(26)35)14-6-7-19(28)18(27)11-14)12-20-16(21(26)13-4-3-5-15(33)10-13)8-9-30-24(36)29(2)25(37)32(20)30/h3-8,10-11,17,20-21,33H,9,12H2,1-2H3/t17-,20+,21-,26+/m0/s1. The van der Waals surface area contributed by atoms with Crippen LogP contribution in [0, 0.1) is 17.2 Å². The maximum atomic E-state index is 14.1. The molecule has 0 spiro atoms. The van der Waals surface area contributed by atoms with E-state index < -0.39 is 52.3 Å². The third-order valence-electron chi connectivity index (χ3n) is 8.09. The summed E-state index contributed by atoms with van der Waals surface area (Å²) in [6.45, 7) is 1.83. The lowest BCUT2D eigenvalue weighted by Gasteiger charge is -2.47. The third kappa shape index (κ3) is 3.02. The molecule has 37 heavy (non-hydrogen) atoms. The molecule has 9 nitrogen and oxygen atoms in total. The van der Waals surface area contributed by atoms with Gasteiger partial charge in [0.25, 0.3) is 0 Å². The molecule has 0 bridgehead atoms. The van der Waals surface area contributed by atoms with Crippen LogP contribution in [-0.4, -0.2) is 30.9 Å². The van der Waals surface area contributed by atoms with Gasteiger partial charge in [-0.1, -0.05) is 29.8 Å². The molecule has 2 amide bonds. The number of nitrogens with zero attached hydrogens (tertiary/aromatic N) is 4. The highest BCUT2D eigenvalue weighted by molar-refractivity contribution is 6.31. The molecule has 1 aliphatic carbocycles. The van der Waals surface area contributed by atoms with E-state index in [9.17, 15) is 28.7 Å². The van der Waals surface area contributed by atoms with E-state index in [-0.39, 0.29) is 29.4 Å². The SMILES string of the molecule is Cn1c(=O)n2n(c1=O)[C@@H]1C[C@H]3C(=O)N(c4ccc(F)c(Cl)c4)C(=O)[C@@]3(C)[C@@H](c3cccc(O)c3)C1=CC2. The number of halogens is 2. The second-order valence-electron chi connectivity index (χ2n) is 9.95. The minimum Gasteiger partial charge on any atom is -0.508 e. The van der Waals surface area contributed by atoms with Crippen LogP contribution in [-0.2, 0) is 23.2 Å². The Kier molecular flexibility index (Phi) is 4.94. The first kappa shape index (κ1) is 23.5. The van der Waals surface area contributed by atoms with Gasteiger partial charge < -0.3 is 5.11 Å². The number of hydrogen-bond donors (Lipinski definition) is 1. The van der Waals surface area contributed by atoms with E-state index in [0.717, 1.165) is 21.1 Å². The van der Waals surface area contributed by atoms with E-state index in [4.69, 9.17) is 11.6 Å². The van der Waals surface area contributed by atoms with Gasteiger partial charge in [0, 0.05) is 13.0 Å². The molecule has 2 aliphatic heterocycles. The highest BCUT2D eigenvalue weighted by Crippen LogP contribution is 2.61. The second-order valence-corrected chi connectivity index (χ2v) is 10.4. The predicted octanol–water partition coefficient (Wildman–Crippen LogP) is 2.71. The first-order valence-electron chi connectivity index (χ1n) is 11.8. The number of anilines is 1. The molecule has 11 heteroatoms. The van der Waals surface area contributed by atoms with E-state index >= 15 is 0 Å². The molecule has 6 rings (SSSR count). The number of carbonyl (C=O) groups excluding carboxylic acids is 2. The van der Waals surface area contributed by atoms with Crippen molar-refractivity contribution in [2.45, 2.75) is 31.8 Å². The first-order valence-corrected chi connectivity index (χ1v) is 12.1. The Morgan fingerprint density at radius 2 is 1.84 bits per heavy atom. The van der Waals surface area contributed by atoms with E-state index in [0.29, 0.717) is 5.56 Å². The van der Waals surface area contributed by atoms with Crippen molar-refractivity contribution in [3.63, 3.8) is 0 Å². The largest absolute Gasteiger partial charge is 0.508 e. The molecule has 3 aromatic rings. The Balaban J connectivity index is 1.58. The van der Waals surface area contributed by atoms with Crippen LogP contribution in [0.3, 0.4) is 0 Å². The third-order valence-corrected chi connectivity index (χ3v) is 8.38. The number of aromatic hydroxyl groups is 1. The number of phenolic OH excluding ortho intramolecular Hbond substituents is 1. The molecule has 0 radical (unpaired) electrons. The molecule has 1 N–H and O–H groups in total. The molecule has 190 valence electrons. The topological polar surface area (TPSA) is 107 Å². The number of amides is 2. The Morgan fingerprint density at radius 3 is 2.54 bits per heavy atom. The number of imide groups is 1. The second kappa shape index (κ2) is 7.79. The lowest BCUT2D eigenvalue weighted by molar-refractivity contribution is -0.129. The van der Waals surface area contributed by atoms with Gasteiger partial charge in [-0.2, -0.15) is 0 Å². The average Bonchev–Trinajstić information content (AvgIpc) is 3.20. The van der Waals surface area contributed by atoms with Crippen molar-refractivity contribution in [2.24, 2.45) is 18.4 Å². The monoisotopic (exact) mass is 524 g/mol. The molecule has 2 fully saturated rings. The molecule has 0 unspecified atom stereocenters. The quantitative estimate of drug-likeness (QED) is 0.410. The molecule has 4 atom stereocenters. The normalized spacial score (nSPS) is 26.5. The summed E-state index contributed by atoms with van der Waals surface area (Å²) in [5.74, 6) is -3.22.